The number of benzene rings is 2. The molecule has 0 aliphatic rings. The van der Waals surface area contributed by atoms with Crippen LogP contribution in [-0.2, 0) is 0 Å². The average molecular weight is 352 g/mol. The molecule has 0 saturated heterocycles. The number of likely N-dealkylation sites (N-methyl/N-ethyl adjacent to an activating group) is 1. The summed E-state index contributed by atoms with van der Waals surface area (Å²) in [5.41, 5.74) is 1.56. The Hall–Kier alpha value is -1.75. The summed E-state index contributed by atoms with van der Waals surface area (Å²) in [6.07, 6.45) is 0. The minimum atomic E-state index is -0.315. The summed E-state index contributed by atoms with van der Waals surface area (Å²) in [5, 5.41) is 6.65. The van der Waals surface area contributed by atoms with Crippen LogP contribution in [0.15, 0.2) is 48.5 Å². The Labute approximate surface area is 146 Å². The molecule has 0 spiro atoms. The van der Waals surface area contributed by atoms with E-state index < -0.39 is 0 Å². The molecule has 4 nitrogen and oxygen atoms in total. The van der Waals surface area contributed by atoms with Gasteiger partial charge >= 0.3 is 6.03 Å². The van der Waals surface area contributed by atoms with E-state index in [1.807, 2.05) is 49.3 Å². The topological polar surface area (TPSA) is 44.4 Å². The molecule has 6 heteroatoms. The van der Waals surface area contributed by atoms with Crippen molar-refractivity contribution in [3.05, 3.63) is 64.1 Å². The molecule has 122 valence electrons. The van der Waals surface area contributed by atoms with Gasteiger partial charge < -0.3 is 15.5 Å². The van der Waals surface area contributed by atoms with Crippen molar-refractivity contribution in [1.29, 1.82) is 0 Å². The van der Waals surface area contributed by atoms with Crippen molar-refractivity contribution in [2.24, 2.45) is 0 Å². The van der Waals surface area contributed by atoms with Gasteiger partial charge in [-0.05, 0) is 37.9 Å². The van der Waals surface area contributed by atoms with E-state index in [9.17, 15) is 4.79 Å². The fraction of sp³-hybridized carbons (Fsp3) is 0.235. The molecule has 0 bridgehead atoms. The van der Waals surface area contributed by atoms with Gasteiger partial charge in [0.05, 0.1) is 16.8 Å². The summed E-state index contributed by atoms with van der Waals surface area (Å²) < 4.78 is 0. The Morgan fingerprint density at radius 2 is 1.83 bits per heavy atom. The molecule has 0 unspecified atom stereocenters. The quantitative estimate of drug-likeness (QED) is 0.837. The summed E-state index contributed by atoms with van der Waals surface area (Å²) in [6, 6.07) is 14.3. The second-order valence-electron chi connectivity index (χ2n) is 5.45. The molecule has 0 heterocycles. The number of carbonyl (C=O) groups excluding carboxylic acids is 1. The molecular weight excluding hydrogens is 333 g/mol. The van der Waals surface area contributed by atoms with E-state index >= 15 is 0 Å². The number of urea groups is 1. The smallest absolute Gasteiger partial charge is 0.319 e. The molecule has 2 N–H and O–H groups in total. The summed E-state index contributed by atoms with van der Waals surface area (Å²) in [6.45, 7) is 0.686. The highest BCUT2D eigenvalue weighted by Crippen LogP contribution is 2.25. The van der Waals surface area contributed by atoms with E-state index in [1.54, 1.807) is 18.2 Å². The number of nitrogens with zero attached hydrogens (tertiary/aromatic N) is 1. The molecule has 1 atom stereocenters. The minimum absolute atomic E-state index is 0.128. The fourth-order valence-electron chi connectivity index (χ4n) is 2.19. The normalized spacial score (nSPS) is 12.0. The van der Waals surface area contributed by atoms with E-state index in [1.165, 1.54) is 0 Å². The van der Waals surface area contributed by atoms with Crippen molar-refractivity contribution in [2.45, 2.75) is 6.04 Å². The maximum absolute atomic E-state index is 12.3. The molecular formula is C17H19Cl2N3O. The number of hydrogen-bond acceptors (Lipinski definition) is 2. The van der Waals surface area contributed by atoms with Crippen LogP contribution < -0.4 is 10.6 Å². The van der Waals surface area contributed by atoms with Crippen LogP contribution in [0.3, 0.4) is 0 Å². The van der Waals surface area contributed by atoms with Crippen molar-refractivity contribution in [2.75, 3.05) is 26.0 Å². The number of carbonyl (C=O) groups is 1. The summed E-state index contributed by atoms with van der Waals surface area (Å²) in [7, 11) is 3.93. The van der Waals surface area contributed by atoms with E-state index in [4.69, 9.17) is 23.2 Å². The van der Waals surface area contributed by atoms with E-state index in [-0.39, 0.29) is 12.1 Å². The fourth-order valence-corrected chi connectivity index (χ4v) is 2.65. The Bertz CT molecular complexity index is 662. The SMILES string of the molecule is CN(C)C[C@H](NC(=O)Nc1ccc(Cl)cc1Cl)c1ccccc1. The number of halogens is 2. The van der Waals surface area contributed by atoms with Crippen LogP contribution in [0.1, 0.15) is 11.6 Å². The van der Waals surface area contributed by atoms with Gasteiger partial charge in [0, 0.05) is 11.6 Å². The lowest BCUT2D eigenvalue weighted by Gasteiger charge is -2.23. The highest BCUT2D eigenvalue weighted by atomic mass is 35.5. The number of anilines is 1. The van der Waals surface area contributed by atoms with Crippen LogP contribution in [0.2, 0.25) is 10.0 Å². The molecule has 0 aromatic heterocycles. The molecule has 2 amide bonds. The minimum Gasteiger partial charge on any atom is -0.330 e. The molecule has 2 aromatic rings. The summed E-state index contributed by atoms with van der Waals surface area (Å²) in [4.78, 5) is 14.3. The lowest BCUT2D eigenvalue weighted by molar-refractivity contribution is 0.244. The lowest BCUT2D eigenvalue weighted by Crippen LogP contribution is -2.37. The molecule has 2 aromatic carbocycles. The predicted molar refractivity (Wildman–Crippen MR) is 96.4 cm³/mol. The van der Waals surface area contributed by atoms with Crippen LogP contribution >= 0.6 is 23.2 Å². The maximum Gasteiger partial charge on any atom is 0.319 e. The average Bonchev–Trinajstić information content (AvgIpc) is 2.50. The van der Waals surface area contributed by atoms with Crippen molar-refractivity contribution < 1.29 is 4.79 Å². The highest BCUT2D eigenvalue weighted by Gasteiger charge is 2.16. The number of nitrogens with one attached hydrogen (secondary N) is 2. The first-order valence-electron chi connectivity index (χ1n) is 7.18. The lowest BCUT2D eigenvalue weighted by atomic mass is 10.1. The molecule has 0 aliphatic carbocycles. The van der Waals surface area contributed by atoms with E-state index in [2.05, 4.69) is 10.6 Å². The second-order valence-corrected chi connectivity index (χ2v) is 6.29. The Balaban J connectivity index is 2.08. The molecule has 0 radical (unpaired) electrons. The van der Waals surface area contributed by atoms with Crippen molar-refractivity contribution >= 4 is 34.9 Å². The molecule has 23 heavy (non-hydrogen) atoms. The maximum atomic E-state index is 12.3. The monoisotopic (exact) mass is 351 g/mol. The molecule has 0 aliphatic heterocycles. The van der Waals surface area contributed by atoms with E-state index in [0.29, 0.717) is 22.3 Å². The molecule has 2 rings (SSSR count). The van der Waals surface area contributed by atoms with Crippen LogP contribution in [0.4, 0.5) is 10.5 Å². The first-order valence-corrected chi connectivity index (χ1v) is 7.93. The van der Waals surface area contributed by atoms with Crippen molar-refractivity contribution in [3.63, 3.8) is 0 Å². The molecule has 0 fully saturated rings. The van der Waals surface area contributed by atoms with Crippen LogP contribution in [0.25, 0.3) is 0 Å². The van der Waals surface area contributed by atoms with Gasteiger partial charge in [-0.2, -0.15) is 0 Å². The standard InChI is InChI=1S/C17H19Cl2N3O/c1-22(2)11-16(12-6-4-3-5-7-12)21-17(23)20-15-9-8-13(18)10-14(15)19/h3-10,16H,11H2,1-2H3,(H2,20,21,23)/t16-/m0/s1. The van der Waals surface area contributed by atoms with Gasteiger partial charge in [-0.15, -0.1) is 0 Å². The van der Waals surface area contributed by atoms with Gasteiger partial charge in [0.15, 0.2) is 0 Å². The van der Waals surface area contributed by atoms with Gasteiger partial charge in [-0.3, -0.25) is 0 Å². The van der Waals surface area contributed by atoms with Gasteiger partial charge in [0.1, 0.15) is 0 Å². The van der Waals surface area contributed by atoms with Crippen molar-refractivity contribution in [3.8, 4) is 0 Å². The third-order valence-corrected chi connectivity index (χ3v) is 3.78. The van der Waals surface area contributed by atoms with Gasteiger partial charge in [0.25, 0.3) is 0 Å². The highest BCUT2D eigenvalue weighted by molar-refractivity contribution is 6.36. The predicted octanol–water partition coefficient (Wildman–Crippen LogP) is 4.42. The summed E-state index contributed by atoms with van der Waals surface area (Å²) in [5.74, 6) is 0. The second kappa shape index (κ2) is 8.20. The first-order chi connectivity index (χ1) is 11.0. The molecule has 0 saturated carbocycles. The van der Waals surface area contributed by atoms with E-state index in [0.717, 1.165) is 5.56 Å². The van der Waals surface area contributed by atoms with Crippen molar-refractivity contribution in [1.82, 2.24) is 10.2 Å². The van der Waals surface area contributed by atoms with Crippen LogP contribution in [0, 0.1) is 0 Å². The Morgan fingerprint density at radius 3 is 2.43 bits per heavy atom. The summed E-state index contributed by atoms with van der Waals surface area (Å²) >= 11 is 11.9. The Kier molecular flexibility index (Phi) is 6.28. The Morgan fingerprint density at radius 1 is 1.13 bits per heavy atom. The number of amides is 2. The number of rotatable bonds is 5. The van der Waals surface area contributed by atoms with Gasteiger partial charge in [0.2, 0.25) is 0 Å². The van der Waals surface area contributed by atoms with Crippen LogP contribution in [-0.4, -0.2) is 31.6 Å². The van der Waals surface area contributed by atoms with Gasteiger partial charge in [-0.1, -0.05) is 53.5 Å². The zero-order valence-electron chi connectivity index (χ0n) is 13.0. The zero-order chi connectivity index (χ0) is 16.8. The first kappa shape index (κ1) is 17.6. The largest absolute Gasteiger partial charge is 0.330 e. The third kappa shape index (κ3) is 5.43. The van der Waals surface area contributed by atoms with Gasteiger partial charge in [-0.25, -0.2) is 4.79 Å². The number of hydrogen-bond donors (Lipinski definition) is 2. The third-order valence-electron chi connectivity index (χ3n) is 3.23. The van der Waals surface area contributed by atoms with Crippen LogP contribution in [0.5, 0.6) is 0 Å². The zero-order valence-corrected chi connectivity index (χ0v) is 14.5.